The van der Waals surface area contributed by atoms with Crippen LogP contribution in [0.4, 0.5) is 0 Å². The van der Waals surface area contributed by atoms with E-state index in [1.165, 1.54) is 24.4 Å². The molecule has 3 rings (SSSR count). The normalized spacial score (nSPS) is 11.9. The second-order valence-electron chi connectivity index (χ2n) is 7.44. The lowest BCUT2D eigenvalue weighted by Gasteiger charge is -2.19. The fourth-order valence-corrected chi connectivity index (χ4v) is 4.14. The van der Waals surface area contributed by atoms with Gasteiger partial charge in [0.2, 0.25) is 5.91 Å². The van der Waals surface area contributed by atoms with E-state index in [2.05, 4.69) is 41.5 Å². The number of nitrogens with one attached hydrogen (secondary N) is 1. The van der Waals surface area contributed by atoms with Crippen LogP contribution in [0.15, 0.2) is 60.0 Å². The van der Waals surface area contributed by atoms with Gasteiger partial charge in [-0.2, -0.15) is 0 Å². The smallest absolute Gasteiger partial charge is 0.307 e. The SMILES string of the molecule is COC(=O)CC(NC(=O)CSc1nncn1-c1ccc(C(C)C)cc1)c1ccccc1Cl. The monoisotopic (exact) mass is 472 g/mol. The van der Waals surface area contributed by atoms with Crippen molar-refractivity contribution >= 4 is 35.2 Å². The summed E-state index contributed by atoms with van der Waals surface area (Å²) in [6.45, 7) is 4.29. The van der Waals surface area contributed by atoms with Crippen LogP contribution in [0.1, 0.15) is 43.4 Å². The minimum atomic E-state index is -0.592. The van der Waals surface area contributed by atoms with Crippen LogP contribution in [0.25, 0.3) is 5.69 Å². The fraction of sp³-hybridized carbons (Fsp3) is 0.304. The van der Waals surface area contributed by atoms with E-state index in [1.807, 2.05) is 16.7 Å². The molecule has 0 saturated carbocycles. The molecule has 1 aromatic heterocycles. The lowest BCUT2D eigenvalue weighted by molar-refractivity contribution is -0.141. The van der Waals surface area contributed by atoms with Crippen LogP contribution in [0.2, 0.25) is 5.02 Å². The van der Waals surface area contributed by atoms with Gasteiger partial charge in [-0.15, -0.1) is 10.2 Å². The van der Waals surface area contributed by atoms with Crippen molar-refractivity contribution in [2.24, 2.45) is 0 Å². The lowest BCUT2D eigenvalue weighted by atomic mass is 10.0. The summed E-state index contributed by atoms with van der Waals surface area (Å²) >= 11 is 7.54. The zero-order valence-corrected chi connectivity index (χ0v) is 19.7. The number of rotatable bonds is 9. The Morgan fingerprint density at radius 3 is 2.53 bits per heavy atom. The summed E-state index contributed by atoms with van der Waals surface area (Å²) in [5, 5.41) is 12.1. The molecule has 1 unspecified atom stereocenters. The molecule has 1 N–H and O–H groups in total. The number of hydrogen-bond donors (Lipinski definition) is 1. The largest absolute Gasteiger partial charge is 0.469 e. The van der Waals surface area contributed by atoms with E-state index < -0.39 is 12.0 Å². The van der Waals surface area contributed by atoms with Crippen LogP contribution < -0.4 is 5.32 Å². The van der Waals surface area contributed by atoms with E-state index >= 15 is 0 Å². The quantitative estimate of drug-likeness (QED) is 0.363. The van der Waals surface area contributed by atoms with Gasteiger partial charge in [0.15, 0.2) is 5.16 Å². The van der Waals surface area contributed by atoms with E-state index in [0.29, 0.717) is 21.7 Å². The molecule has 9 heteroatoms. The van der Waals surface area contributed by atoms with Crippen molar-refractivity contribution in [2.45, 2.75) is 37.4 Å². The van der Waals surface area contributed by atoms with Gasteiger partial charge >= 0.3 is 5.97 Å². The zero-order valence-electron chi connectivity index (χ0n) is 18.1. The molecule has 0 saturated heterocycles. The van der Waals surface area contributed by atoms with Crippen LogP contribution in [-0.2, 0) is 14.3 Å². The summed E-state index contributed by atoms with van der Waals surface area (Å²) in [5.74, 6) is -0.148. The van der Waals surface area contributed by atoms with Crippen molar-refractivity contribution in [1.29, 1.82) is 0 Å². The van der Waals surface area contributed by atoms with Crippen LogP contribution >= 0.6 is 23.4 Å². The molecular formula is C23H25ClN4O3S. The molecule has 32 heavy (non-hydrogen) atoms. The molecule has 0 aliphatic carbocycles. The Morgan fingerprint density at radius 2 is 1.88 bits per heavy atom. The number of hydrogen-bond acceptors (Lipinski definition) is 6. The Labute approximate surface area is 196 Å². The minimum absolute atomic E-state index is 0.0188. The first-order valence-corrected chi connectivity index (χ1v) is 11.5. The summed E-state index contributed by atoms with van der Waals surface area (Å²) < 4.78 is 6.61. The van der Waals surface area contributed by atoms with Crippen LogP contribution in [0, 0.1) is 0 Å². The van der Waals surface area contributed by atoms with Gasteiger partial charge in [0.05, 0.1) is 25.3 Å². The maximum atomic E-state index is 12.7. The van der Waals surface area contributed by atoms with Crippen molar-refractivity contribution in [2.75, 3.05) is 12.9 Å². The summed E-state index contributed by atoms with van der Waals surface area (Å²) in [5.41, 5.74) is 2.82. The first kappa shape index (κ1) is 23.8. The van der Waals surface area contributed by atoms with Gasteiger partial charge < -0.3 is 10.1 Å². The fourth-order valence-electron chi connectivity index (χ4n) is 3.13. The zero-order chi connectivity index (χ0) is 23.1. The third-order valence-corrected chi connectivity index (χ3v) is 6.19. The number of nitrogens with zero attached hydrogens (tertiary/aromatic N) is 3. The highest BCUT2D eigenvalue weighted by Gasteiger charge is 2.21. The number of carbonyl (C=O) groups is 2. The van der Waals surface area contributed by atoms with Gasteiger partial charge in [0.1, 0.15) is 6.33 Å². The van der Waals surface area contributed by atoms with Crippen LogP contribution in [0.3, 0.4) is 0 Å². The number of thioether (sulfide) groups is 1. The molecule has 0 aliphatic heterocycles. The van der Waals surface area contributed by atoms with Gasteiger partial charge in [-0.3, -0.25) is 14.2 Å². The van der Waals surface area contributed by atoms with E-state index in [1.54, 1.807) is 30.6 Å². The molecule has 1 amide bonds. The number of benzene rings is 2. The van der Waals surface area contributed by atoms with Gasteiger partial charge in [0, 0.05) is 10.7 Å². The number of ether oxygens (including phenoxy) is 1. The van der Waals surface area contributed by atoms with E-state index in [-0.39, 0.29) is 18.1 Å². The molecule has 3 aromatic rings. The summed E-state index contributed by atoms with van der Waals surface area (Å²) in [7, 11) is 1.31. The third kappa shape index (κ3) is 6.11. The highest BCUT2D eigenvalue weighted by atomic mass is 35.5. The molecule has 0 radical (unpaired) electrons. The highest BCUT2D eigenvalue weighted by Crippen LogP contribution is 2.26. The molecule has 0 spiro atoms. The van der Waals surface area contributed by atoms with Gasteiger partial charge in [-0.05, 0) is 35.2 Å². The topological polar surface area (TPSA) is 86.1 Å². The van der Waals surface area contributed by atoms with Crippen molar-refractivity contribution in [3.63, 3.8) is 0 Å². The second kappa shape index (κ2) is 11.2. The Kier molecular flexibility index (Phi) is 8.30. The first-order chi connectivity index (χ1) is 15.4. The maximum Gasteiger partial charge on any atom is 0.307 e. The first-order valence-electron chi connectivity index (χ1n) is 10.1. The predicted octanol–water partition coefficient (Wildman–Crippen LogP) is 4.56. The molecule has 168 valence electrons. The van der Waals surface area contributed by atoms with Crippen LogP contribution in [0.5, 0.6) is 0 Å². The van der Waals surface area contributed by atoms with Crippen molar-refractivity contribution < 1.29 is 14.3 Å². The van der Waals surface area contributed by atoms with Crippen molar-refractivity contribution in [3.8, 4) is 5.69 Å². The molecule has 0 fully saturated rings. The molecule has 0 bridgehead atoms. The van der Waals surface area contributed by atoms with Gasteiger partial charge in [-0.1, -0.05) is 67.5 Å². The Bertz CT molecular complexity index is 1070. The van der Waals surface area contributed by atoms with Crippen molar-refractivity contribution in [3.05, 3.63) is 71.0 Å². The van der Waals surface area contributed by atoms with Gasteiger partial charge in [0.25, 0.3) is 0 Å². The average Bonchev–Trinajstić information content (AvgIpc) is 3.26. The van der Waals surface area contributed by atoms with Gasteiger partial charge in [-0.25, -0.2) is 0 Å². The minimum Gasteiger partial charge on any atom is -0.469 e. The lowest BCUT2D eigenvalue weighted by Crippen LogP contribution is -2.32. The summed E-state index contributed by atoms with van der Waals surface area (Å²) in [6, 6.07) is 14.7. The maximum absolute atomic E-state index is 12.7. The highest BCUT2D eigenvalue weighted by molar-refractivity contribution is 7.99. The number of carbonyl (C=O) groups excluding carboxylic acids is 2. The molecule has 2 aromatic carbocycles. The van der Waals surface area contributed by atoms with Crippen molar-refractivity contribution in [1.82, 2.24) is 20.1 Å². The number of amides is 1. The molecule has 0 aliphatic rings. The Morgan fingerprint density at radius 1 is 1.16 bits per heavy atom. The number of methoxy groups -OCH3 is 1. The predicted molar refractivity (Wildman–Crippen MR) is 125 cm³/mol. The van der Waals surface area contributed by atoms with E-state index in [0.717, 1.165) is 5.69 Å². The molecular weight excluding hydrogens is 448 g/mol. The standard InChI is InChI=1S/C23H25ClN4O3S/c1-15(2)16-8-10-17(11-9-16)28-14-25-27-23(28)32-13-21(29)26-20(12-22(30)31-3)18-6-4-5-7-19(18)24/h4-11,14-15,20H,12-13H2,1-3H3,(H,26,29). The van der Waals surface area contributed by atoms with E-state index in [9.17, 15) is 9.59 Å². The molecule has 7 nitrogen and oxygen atoms in total. The molecule has 1 atom stereocenters. The van der Waals surface area contributed by atoms with Crippen LogP contribution in [-0.4, -0.2) is 39.5 Å². The summed E-state index contributed by atoms with van der Waals surface area (Å²) in [4.78, 5) is 24.5. The second-order valence-corrected chi connectivity index (χ2v) is 8.79. The molecule has 1 heterocycles. The number of halogens is 1. The number of esters is 1. The summed E-state index contributed by atoms with van der Waals surface area (Å²) in [6.07, 6.45) is 1.60. The average molecular weight is 473 g/mol. The number of aromatic nitrogens is 3. The third-order valence-electron chi connectivity index (χ3n) is 4.90. The van der Waals surface area contributed by atoms with E-state index in [4.69, 9.17) is 16.3 Å². The Hall–Kier alpha value is -2.84. The Balaban J connectivity index is 1.68.